The molecule has 0 radical (unpaired) electrons. The second-order valence-electron chi connectivity index (χ2n) is 10.9. The number of fused-ring (bicyclic) bond motifs is 1. The fourth-order valence-electron chi connectivity index (χ4n) is 4.87. The van der Waals surface area contributed by atoms with E-state index in [0.29, 0.717) is 12.8 Å². The quantitative estimate of drug-likeness (QED) is 0.0943. The summed E-state index contributed by atoms with van der Waals surface area (Å²) in [4.78, 5) is 29.8. The van der Waals surface area contributed by atoms with Crippen molar-refractivity contribution < 1.29 is 19.4 Å². The summed E-state index contributed by atoms with van der Waals surface area (Å²) in [5.74, 6) is -0.0503. The van der Waals surface area contributed by atoms with Crippen molar-refractivity contribution in [1.82, 2.24) is 9.88 Å². The molecule has 1 aromatic heterocycles. The average molecular weight is 548 g/mol. The minimum atomic E-state index is -0.544. The number of benzene rings is 2. The number of Topliss-reactive ketones (excluding diaryl/α,β-unsaturated/α-hetero) is 1. The first kappa shape index (κ1) is 31.1. The lowest BCUT2D eigenvalue weighted by Gasteiger charge is -2.30. The number of carbonyl (C=O) groups is 2. The second-order valence-corrected chi connectivity index (χ2v) is 10.9. The number of hydrogen-bond donors (Lipinski definition) is 3. The number of H-pyrrole nitrogens is 1. The van der Waals surface area contributed by atoms with Crippen LogP contribution in [0.4, 0.5) is 0 Å². The van der Waals surface area contributed by atoms with Crippen LogP contribution in [0.25, 0.3) is 10.9 Å². The van der Waals surface area contributed by atoms with Crippen LogP contribution in [0.1, 0.15) is 85.1 Å². The standard InChI is InChI=1S/C21H31NO3.C12H14N2O/c1-3-4-5-7-18(15-21(24)25-2)14-20(23)19-10-8-17(9-11-19)16-22-12-6-13-22;1-7-3-4-10-9(5-7)6-11(14-10)12(13)8(2)15/h8-11,18H,3-7,12-16H2,1-2H3;3-6,12,14-15H,2,13H2,1H3. The van der Waals surface area contributed by atoms with Gasteiger partial charge in [0.2, 0.25) is 0 Å². The average Bonchev–Trinajstić information content (AvgIpc) is 3.34. The van der Waals surface area contributed by atoms with E-state index < -0.39 is 6.04 Å². The number of hydrogen-bond acceptors (Lipinski definition) is 6. The molecule has 0 amide bonds. The Morgan fingerprint density at radius 3 is 2.42 bits per heavy atom. The van der Waals surface area contributed by atoms with Gasteiger partial charge in [-0.15, -0.1) is 0 Å². The molecule has 4 N–H and O–H groups in total. The van der Waals surface area contributed by atoms with Gasteiger partial charge in [-0.25, -0.2) is 0 Å². The van der Waals surface area contributed by atoms with E-state index in [2.05, 4.69) is 41.6 Å². The minimum Gasteiger partial charge on any atom is -0.511 e. The molecule has 1 saturated heterocycles. The number of aromatic amines is 1. The van der Waals surface area contributed by atoms with Gasteiger partial charge in [-0.05, 0) is 67.9 Å². The summed E-state index contributed by atoms with van der Waals surface area (Å²) >= 11 is 0. The van der Waals surface area contributed by atoms with Crippen LogP contribution in [0.15, 0.2) is 60.9 Å². The summed E-state index contributed by atoms with van der Waals surface area (Å²) in [6, 6.07) is 15.5. The molecule has 40 heavy (non-hydrogen) atoms. The molecular formula is C33H45N3O4. The third-order valence-corrected chi connectivity index (χ3v) is 7.49. The van der Waals surface area contributed by atoms with E-state index in [9.17, 15) is 14.7 Å². The van der Waals surface area contributed by atoms with Crippen LogP contribution in [0.3, 0.4) is 0 Å². The first-order valence-corrected chi connectivity index (χ1v) is 14.3. The SMILES string of the molecule is C=C(O)C(N)c1cc2cc(C)ccc2[nH]1.CCCCCC(CC(=O)OC)CC(=O)c1ccc(CN2CCC2)cc1. The van der Waals surface area contributed by atoms with Crippen LogP contribution in [0.2, 0.25) is 0 Å². The normalized spacial score (nSPS) is 14.5. The molecule has 0 saturated carbocycles. The minimum absolute atomic E-state index is 0.0294. The largest absolute Gasteiger partial charge is 0.511 e. The maximum Gasteiger partial charge on any atom is 0.305 e. The lowest BCUT2D eigenvalue weighted by atomic mass is 9.90. The highest BCUT2D eigenvalue weighted by molar-refractivity contribution is 5.96. The number of aliphatic hydroxyl groups excluding tert-OH is 1. The van der Waals surface area contributed by atoms with Gasteiger partial charge in [0.05, 0.1) is 7.11 Å². The van der Waals surface area contributed by atoms with E-state index in [1.54, 1.807) is 0 Å². The summed E-state index contributed by atoms with van der Waals surface area (Å²) in [6.07, 6.45) is 6.27. The number of nitrogens with zero attached hydrogens (tertiary/aromatic N) is 1. The molecule has 0 bridgehead atoms. The summed E-state index contributed by atoms with van der Waals surface area (Å²) in [7, 11) is 1.41. The molecule has 1 aliphatic rings. The van der Waals surface area contributed by atoms with E-state index in [-0.39, 0.29) is 23.4 Å². The molecule has 1 fully saturated rings. The highest BCUT2D eigenvalue weighted by Gasteiger charge is 2.19. The first-order valence-electron chi connectivity index (χ1n) is 14.3. The maximum absolute atomic E-state index is 12.6. The Morgan fingerprint density at radius 1 is 1.10 bits per heavy atom. The Kier molecular flexibility index (Phi) is 12.0. The number of rotatable bonds is 13. The van der Waals surface area contributed by atoms with E-state index in [1.165, 1.54) is 37.7 Å². The number of aliphatic hydroxyl groups is 1. The summed E-state index contributed by atoms with van der Waals surface area (Å²) in [6.45, 7) is 10.9. The molecule has 3 aromatic rings. The number of methoxy groups -OCH3 is 1. The first-order chi connectivity index (χ1) is 19.2. The molecule has 4 rings (SSSR count). The van der Waals surface area contributed by atoms with Gasteiger partial charge in [0.1, 0.15) is 11.8 Å². The van der Waals surface area contributed by atoms with Crippen LogP contribution in [-0.2, 0) is 16.1 Å². The molecule has 7 heteroatoms. The van der Waals surface area contributed by atoms with Gasteiger partial charge >= 0.3 is 5.97 Å². The van der Waals surface area contributed by atoms with Gasteiger partial charge in [0.25, 0.3) is 0 Å². The van der Waals surface area contributed by atoms with Crippen LogP contribution in [0.5, 0.6) is 0 Å². The Labute approximate surface area is 238 Å². The van der Waals surface area contributed by atoms with Gasteiger partial charge in [-0.3, -0.25) is 14.5 Å². The van der Waals surface area contributed by atoms with Gasteiger partial charge < -0.3 is 20.6 Å². The monoisotopic (exact) mass is 547 g/mol. The van der Waals surface area contributed by atoms with Crippen molar-refractivity contribution >= 4 is 22.7 Å². The molecule has 2 aromatic carbocycles. The van der Waals surface area contributed by atoms with Gasteiger partial charge in [-0.2, -0.15) is 0 Å². The van der Waals surface area contributed by atoms with Crippen molar-refractivity contribution in [3.63, 3.8) is 0 Å². The zero-order valence-corrected chi connectivity index (χ0v) is 24.2. The fraction of sp³-hybridized carbons (Fsp3) is 0.455. The van der Waals surface area contributed by atoms with Crippen molar-refractivity contribution in [2.75, 3.05) is 20.2 Å². The molecule has 216 valence electrons. The smallest absolute Gasteiger partial charge is 0.305 e. The molecule has 2 atom stereocenters. The van der Waals surface area contributed by atoms with E-state index >= 15 is 0 Å². The molecule has 2 heterocycles. The Hall–Kier alpha value is -3.42. The fourth-order valence-corrected chi connectivity index (χ4v) is 4.87. The third-order valence-electron chi connectivity index (χ3n) is 7.49. The van der Waals surface area contributed by atoms with Crippen LogP contribution in [0, 0.1) is 12.8 Å². The van der Waals surface area contributed by atoms with Gasteiger partial charge in [-0.1, -0.05) is 68.7 Å². The van der Waals surface area contributed by atoms with Crippen molar-refractivity contribution in [2.45, 2.75) is 71.4 Å². The number of esters is 1. The molecule has 7 nitrogen and oxygen atoms in total. The van der Waals surface area contributed by atoms with Crippen LogP contribution >= 0.6 is 0 Å². The Balaban J connectivity index is 0.000000249. The van der Waals surface area contributed by atoms with Gasteiger partial charge in [0.15, 0.2) is 5.78 Å². The van der Waals surface area contributed by atoms with Crippen molar-refractivity contribution in [3.05, 3.63) is 83.3 Å². The van der Waals surface area contributed by atoms with Crippen molar-refractivity contribution in [1.29, 1.82) is 0 Å². The van der Waals surface area contributed by atoms with Gasteiger partial charge in [0, 0.05) is 36.2 Å². The topological polar surface area (TPSA) is 109 Å². The predicted molar refractivity (Wildman–Crippen MR) is 161 cm³/mol. The molecule has 1 aliphatic heterocycles. The third kappa shape index (κ3) is 9.35. The Bertz CT molecular complexity index is 1260. The molecule has 2 unspecified atom stereocenters. The number of unbranched alkanes of at least 4 members (excludes halogenated alkanes) is 2. The van der Waals surface area contributed by atoms with Crippen LogP contribution < -0.4 is 5.73 Å². The summed E-state index contributed by atoms with van der Waals surface area (Å²) < 4.78 is 4.79. The van der Waals surface area contributed by atoms with Crippen molar-refractivity contribution in [2.24, 2.45) is 11.7 Å². The number of aromatic nitrogens is 1. The summed E-state index contributed by atoms with van der Waals surface area (Å²) in [5, 5.41) is 10.3. The van der Waals surface area contributed by atoms with Crippen molar-refractivity contribution in [3.8, 4) is 0 Å². The molecule has 0 aliphatic carbocycles. The lowest BCUT2D eigenvalue weighted by Crippen LogP contribution is -2.36. The predicted octanol–water partition coefficient (Wildman–Crippen LogP) is 6.77. The van der Waals surface area contributed by atoms with E-state index in [1.807, 2.05) is 37.3 Å². The molecule has 0 spiro atoms. The van der Waals surface area contributed by atoms with E-state index in [0.717, 1.165) is 54.4 Å². The zero-order valence-electron chi connectivity index (χ0n) is 24.2. The highest BCUT2D eigenvalue weighted by atomic mass is 16.5. The lowest BCUT2D eigenvalue weighted by molar-refractivity contribution is -0.141. The zero-order chi connectivity index (χ0) is 29.1. The van der Waals surface area contributed by atoms with E-state index in [4.69, 9.17) is 10.5 Å². The number of ether oxygens (including phenoxy) is 1. The maximum atomic E-state index is 12.6. The number of nitrogens with two attached hydrogens (primary N) is 1. The number of carbonyl (C=O) groups excluding carboxylic acids is 2. The Morgan fingerprint density at radius 2 is 1.82 bits per heavy atom. The number of ketones is 1. The number of likely N-dealkylation sites (tertiary alicyclic amines) is 1. The number of aryl methyl sites for hydroxylation is 1. The van der Waals surface area contributed by atoms with Crippen LogP contribution in [-0.4, -0.2) is 46.9 Å². The number of nitrogens with one attached hydrogen (secondary N) is 1. The second kappa shape index (κ2) is 15.4. The summed E-state index contributed by atoms with van der Waals surface area (Å²) in [5.41, 5.74) is 10.8. The highest BCUT2D eigenvalue weighted by Crippen LogP contribution is 2.23. The molecular weight excluding hydrogens is 502 g/mol.